The first-order valence-electron chi connectivity index (χ1n) is 8.06. The van der Waals surface area contributed by atoms with Gasteiger partial charge in [0.1, 0.15) is 0 Å². The highest BCUT2D eigenvalue weighted by Gasteiger charge is 2.31. The average Bonchev–Trinajstić information content (AvgIpc) is 2.98. The molecule has 2 rings (SSSR count). The molecular formula is C15H30N4O. The second-order valence-electron chi connectivity index (χ2n) is 6.28. The van der Waals surface area contributed by atoms with Crippen LogP contribution in [-0.4, -0.2) is 79.6 Å². The number of carbonyl (C=O) groups excluding carboxylic acids is 1. The van der Waals surface area contributed by atoms with Crippen molar-refractivity contribution in [3.8, 4) is 0 Å². The van der Waals surface area contributed by atoms with E-state index in [2.05, 4.69) is 17.1 Å². The number of amides is 2. The molecule has 2 heterocycles. The van der Waals surface area contributed by atoms with Crippen LogP contribution in [0, 0.1) is 0 Å². The maximum atomic E-state index is 12.0. The van der Waals surface area contributed by atoms with Crippen molar-refractivity contribution in [1.82, 2.24) is 20.0 Å². The number of rotatable bonds is 4. The molecule has 116 valence electrons. The van der Waals surface area contributed by atoms with Gasteiger partial charge in [0.25, 0.3) is 0 Å². The molecule has 1 unspecified atom stereocenters. The summed E-state index contributed by atoms with van der Waals surface area (Å²) < 4.78 is 0. The molecule has 2 fully saturated rings. The molecule has 0 aromatic carbocycles. The molecular weight excluding hydrogens is 252 g/mol. The Bertz CT molecular complexity index is 307. The van der Waals surface area contributed by atoms with Crippen molar-refractivity contribution in [1.29, 1.82) is 0 Å². The number of likely N-dealkylation sites (tertiary alicyclic amines) is 1. The van der Waals surface area contributed by atoms with Gasteiger partial charge < -0.3 is 15.1 Å². The van der Waals surface area contributed by atoms with E-state index in [1.54, 1.807) is 4.90 Å². The van der Waals surface area contributed by atoms with Gasteiger partial charge in [-0.1, -0.05) is 6.92 Å². The van der Waals surface area contributed by atoms with Crippen LogP contribution < -0.4 is 5.32 Å². The molecule has 0 aromatic heterocycles. The van der Waals surface area contributed by atoms with Gasteiger partial charge in [0.15, 0.2) is 0 Å². The van der Waals surface area contributed by atoms with E-state index in [4.69, 9.17) is 0 Å². The standard InChI is InChI=1S/C15H30N4O/c1-4-9-19(14-5-8-16-12-14)13-6-10-18(11-7-13)15(20)17(2)3/h13-14,16H,4-12H2,1-3H3. The van der Waals surface area contributed by atoms with Crippen LogP contribution >= 0.6 is 0 Å². The summed E-state index contributed by atoms with van der Waals surface area (Å²) in [6.07, 6.45) is 4.73. The summed E-state index contributed by atoms with van der Waals surface area (Å²) in [6.45, 7) is 7.56. The van der Waals surface area contributed by atoms with Crippen LogP contribution in [0.1, 0.15) is 32.6 Å². The zero-order chi connectivity index (χ0) is 14.5. The second-order valence-corrected chi connectivity index (χ2v) is 6.28. The maximum absolute atomic E-state index is 12.0. The zero-order valence-electron chi connectivity index (χ0n) is 13.3. The third-order valence-electron chi connectivity index (χ3n) is 4.57. The highest BCUT2D eigenvalue weighted by atomic mass is 16.2. The molecule has 0 spiro atoms. The Hall–Kier alpha value is -0.810. The number of nitrogens with zero attached hydrogens (tertiary/aromatic N) is 3. The summed E-state index contributed by atoms with van der Waals surface area (Å²) in [7, 11) is 3.67. The monoisotopic (exact) mass is 282 g/mol. The number of nitrogens with one attached hydrogen (secondary N) is 1. The Balaban J connectivity index is 1.88. The van der Waals surface area contributed by atoms with E-state index in [1.165, 1.54) is 19.4 Å². The maximum Gasteiger partial charge on any atom is 0.319 e. The average molecular weight is 282 g/mol. The Labute approximate surface area is 123 Å². The number of carbonyl (C=O) groups is 1. The second kappa shape index (κ2) is 7.27. The van der Waals surface area contributed by atoms with Crippen LogP contribution in [0.15, 0.2) is 0 Å². The van der Waals surface area contributed by atoms with Crippen LogP contribution in [-0.2, 0) is 0 Å². The van der Waals surface area contributed by atoms with Gasteiger partial charge in [0, 0.05) is 45.8 Å². The Morgan fingerprint density at radius 2 is 1.90 bits per heavy atom. The summed E-state index contributed by atoms with van der Waals surface area (Å²) >= 11 is 0. The molecule has 0 aliphatic carbocycles. The van der Waals surface area contributed by atoms with E-state index in [9.17, 15) is 4.79 Å². The minimum absolute atomic E-state index is 0.160. The third kappa shape index (κ3) is 3.64. The zero-order valence-corrected chi connectivity index (χ0v) is 13.3. The van der Waals surface area contributed by atoms with Crippen molar-refractivity contribution in [2.45, 2.75) is 44.7 Å². The molecule has 2 saturated heterocycles. The first-order chi connectivity index (χ1) is 9.63. The van der Waals surface area contributed by atoms with Gasteiger partial charge in [0.05, 0.1) is 0 Å². The normalized spacial score (nSPS) is 24.4. The lowest BCUT2D eigenvalue weighted by Gasteiger charge is -2.41. The largest absolute Gasteiger partial charge is 0.331 e. The number of hydrogen-bond acceptors (Lipinski definition) is 3. The van der Waals surface area contributed by atoms with E-state index in [0.717, 1.165) is 39.0 Å². The fourth-order valence-electron chi connectivity index (χ4n) is 3.52. The topological polar surface area (TPSA) is 38.8 Å². The molecule has 1 N–H and O–H groups in total. The minimum Gasteiger partial charge on any atom is -0.331 e. The number of urea groups is 1. The van der Waals surface area contributed by atoms with Crippen LogP contribution in [0.5, 0.6) is 0 Å². The Morgan fingerprint density at radius 1 is 1.20 bits per heavy atom. The molecule has 5 heteroatoms. The fraction of sp³-hybridized carbons (Fsp3) is 0.933. The minimum atomic E-state index is 0.160. The number of piperidine rings is 1. The van der Waals surface area contributed by atoms with Gasteiger partial charge in [0.2, 0.25) is 0 Å². The van der Waals surface area contributed by atoms with Crippen LogP contribution in [0.3, 0.4) is 0 Å². The molecule has 0 radical (unpaired) electrons. The fourth-order valence-corrected chi connectivity index (χ4v) is 3.52. The van der Waals surface area contributed by atoms with E-state index in [1.807, 2.05) is 19.0 Å². The van der Waals surface area contributed by atoms with Crippen molar-refractivity contribution in [3.63, 3.8) is 0 Å². The molecule has 2 aliphatic rings. The van der Waals surface area contributed by atoms with Crippen molar-refractivity contribution < 1.29 is 4.79 Å². The van der Waals surface area contributed by atoms with E-state index >= 15 is 0 Å². The SMILES string of the molecule is CCCN(C1CCN(C(=O)N(C)C)CC1)C1CCNC1. The van der Waals surface area contributed by atoms with Crippen LogP contribution in [0.4, 0.5) is 4.79 Å². The Morgan fingerprint density at radius 3 is 2.40 bits per heavy atom. The lowest BCUT2D eigenvalue weighted by molar-refractivity contribution is 0.0822. The molecule has 0 saturated carbocycles. The first-order valence-corrected chi connectivity index (χ1v) is 8.06. The predicted octanol–water partition coefficient (Wildman–Crippen LogP) is 1.21. The third-order valence-corrected chi connectivity index (χ3v) is 4.57. The van der Waals surface area contributed by atoms with Gasteiger partial charge in [-0.15, -0.1) is 0 Å². The molecule has 2 aliphatic heterocycles. The highest BCUT2D eigenvalue weighted by Crippen LogP contribution is 2.22. The van der Waals surface area contributed by atoms with Crippen molar-refractivity contribution in [2.75, 3.05) is 46.8 Å². The van der Waals surface area contributed by atoms with Gasteiger partial charge >= 0.3 is 6.03 Å². The van der Waals surface area contributed by atoms with Crippen LogP contribution in [0.25, 0.3) is 0 Å². The quantitative estimate of drug-likeness (QED) is 0.842. The summed E-state index contributed by atoms with van der Waals surface area (Å²) in [6, 6.07) is 1.52. The van der Waals surface area contributed by atoms with E-state index in [0.29, 0.717) is 12.1 Å². The first kappa shape index (κ1) is 15.6. The van der Waals surface area contributed by atoms with E-state index < -0.39 is 0 Å². The molecule has 20 heavy (non-hydrogen) atoms. The summed E-state index contributed by atoms with van der Waals surface area (Å²) in [5, 5.41) is 3.48. The van der Waals surface area contributed by atoms with Crippen molar-refractivity contribution in [2.24, 2.45) is 0 Å². The summed E-state index contributed by atoms with van der Waals surface area (Å²) in [5.74, 6) is 0. The van der Waals surface area contributed by atoms with Crippen molar-refractivity contribution >= 4 is 6.03 Å². The highest BCUT2D eigenvalue weighted by molar-refractivity contribution is 5.73. The molecule has 5 nitrogen and oxygen atoms in total. The number of hydrogen-bond donors (Lipinski definition) is 1. The van der Waals surface area contributed by atoms with Gasteiger partial charge in [-0.2, -0.15) is 0 Å². The summed E-state index contributed by atoms with van der Waals surface area (Å²) in [5.41, 5.74) is 0. The lowest BCUT2D eigenvalue weighted by Crippen LogP contribution is -2.52. The van der Waals surface area contributed by atoms with Crippen LogP contribution in [0.2, 0.25) is 0 Å². The van der Waals surface area contributed by atoms with Gasteiger partial charge in [-0.3, -0.25) is 4.90 Å². The van der Waals surface area contributed by atoms with E-state index in [-0.39, 0.29) is 6.03 Å². The van der Waals surface area contributed by atoms with Gasteiger partial charge in [-0.05, 0) is 38.8 Å². The summed E-state index contributed by atoms with van der Waals surface area (Å²) in [4.78, 5) is 18.4. The van der Waals surface area contributed by atoms with Crippen molar-refractivity contribution in [3.05, 3.63) is 0 Å². The molecule has 0 aromatic rings. The predicted molar refractivity (Wildman–Crippen MR) is 81.9 cm³/mol. The molecule has 2 amide bonds. The molecule has 1 atom stereocenters. The Kier molecular flexibility index (Phi) is 5.66. The van der Waals surface area contributed by atoms with Gasteiger partial charge in [-0.25, -0.2) is 4.79 Å². The molecule has 0 bridgehead atoms. The smallest absolute Gasteiger partial charge is 0.319 e. The lowest BCUT2D eigenvalue weighted by atomic mass is 10.0.